The number of hydrogen-bond acceptors (Lipinski definition) is 4. The van der Waals surface area contributed by atoms with Crippen LogP contribution in [0.25, 0.3) is 11.3 Å². The Morgan fingerprint density at radius 3 is 2.48 bits per heavy atom. The number of halogens is 1. The van der Waals surface area contributed by atoms with Crippen molar-refractivity contribution in [3.05, 3.63) is 41.0 Å². The van der Waals surface area contributed by atoms with Gasteiger partial charge in [0.15, 0.2) is 11.5 Å². The Bertz CT molecular complexity index is 677. The maximum Gasteiger partial charge on any atom is 0.274 e. The topological polar surface area (TPSA) is 98.2 Å². The Kier molecular flexibility index (Phi) is 3.99. The lowest BCUT2D eigenvalue weighted by molar-refractivity contribution is -0.122. The molecule has 0 saturated carbocycles. The van der Waals surface area contributed by atoms with Gasteiger partial charge < -0.3 is 15.6 Å². The highest BCUT2D eigenvalue weighted by molar-refractivity contribution is 6.30. The monoisotopic (exact) mass is 307 g/mol. The minimum absolute atomic E-state index is 0.0641. The summed E-state index contributed by atoms with van der Waals surface area (Å²) in [7, 11) is 0. The maximum absolute atomic E-state index is 12.0. The Balaban J connectivity index is 2.18. The first-order chi connectivity index (χ1) is 9.79. The minimum Gasteiger partial charge on any atom is -0.368 e. The standard InChI is InChI=1S/C14H14ClN3O3/c1-14(2,13(16)20)17-12(19)10-7-11(21-18-10)8-3-5-9(15)6-4-8/h3-7H,1-2H3,(H2,16,20)(H,17,19). The molecule has 2 aromatic rings. The molecular weight excluding hydrogens is 294 g/mol. The van der Waals surface area contributed by atoms with Crippen LogP contribution in [0.1, 0.15) is 24.3 Å². The van der Waals surface area contributed by atoms with Gasteiger partial charge in [0, 0.05) is 16.7 Å². The van der Waals surface area contributed by atoms with E-state index in [2.05, 4.69) is 10.5 Å². The summed E-state index contributed by atoms with van der Waals surface area (Å²) in [5.74, 6) is -0.756. The quantitative estimate of drug-likeness (QED) is 0.902. The van der Waals surface area contributed by atoms with Gasteiger partial charge >= 0.3 is 0 Å². The van der Waals surface area contributed by atoms with E-state index in [1.165, 1.54) is 19.9 Å². The van der Waals surface area contributed by atoms with E-state index in [1.807, 2.05) is 0 Å². The molecule has 0 aliphatic carbocycles. The van der Waals surface area contributed by atoms with Crippen molar-refractivity contribution in [2.75, 3.05) is 0 Å². The van der Waals surface area contributed by atoms with E-state index in [-0.39, 0.29) is 5.69 Å². The molecule has 1 heterocycles. The second kappa shape index (κ2) is 5.57. The zero-order valence-electron chi connectivity index (χ0n) is 11.5. The van der Waals surface area contributed by atoms with Crippen LogP contribution in [0.3, 0.4) is 0 Å². The molecule has 6 nitrogen and oxygen atoms in total. The zero-order chi connectivity index (χ0) is 15.6. The average Bonchev–Trinajstić information content (AvgIpc) is 2.88. The summed E-state index contributed by atoms with van der Waals surface area (Å²) in [6, 6.07) is 8.39. The predicted octanol–water partition coefficient (Wildman–Crippen LogP) is 1.99. The number of nitrogens with two attached hydrogens (primary N) is 1. The molecule has 3 N–H and O–H groups in total. The molecule has 0 saturated heterocycles. The number of amides is 2. The van der Waals surface area contributed by atoms with Crippen LogP contribution in [0.5, 0.6) is 0 Å². The fraction of sp³-hybridized carbons (Fsp3) is 0.214. The van der Waals surface area contributed by atoms with Crippen LogP contribution in [-0.4, -0.2) is 22.5 Å². The van der Waals surface area contributed by atoms with Crippen molar-refractivity contribution in [2.24, 2.45) is 5.73 Å². The van der Waals surface area contributed by atoms with Crippen LogP contribution >= 0.6 is 11.6 Å². The van der Waals surface area contributed by atoms with Crippen molar-refractivity contribution in [2.45, 2.75) is 19.4 Å². The predicted molar refractivity (Wildman–Crippen MR) is 77.7 cm³/mol. The van der Waals surface area contributed by atoms with E-state index in [4.69, 9.17) is 21.9 Å². The molecule has 0 unspecified atom stereocenters. The highest BCUT2D eigenvalue weighted by atomic mass is 35.5. The number of rotatable bonds is 4. The number of benzene rings is 1. The van der Waals surface area contributed by atoms with Gasteiger partial charge in [0.05, 0.1) is 0 Å². The second-order valence-corrected chi connectivity index (χ2v) is 5.46. The van der Waals surface area contributed by atoms with Crippen LogP contribution in [0.15, 0.2) is 34.9 Å². The lowest BCUT2D eigenvalue weighted by Crippen LogP contribution is -2.53. The molecular formula is C14H14ClN3O3. The van der Waals surface area contributed by atoms with Crippen LogP contribution in [0.4, 0.5) is 0 Å². The first kappa shape index (κ1) is 15.1. The number of nitrogens with one attached hydrogen (secondary N) is 1. The molecule has 0 atom stereocenters. The van der Waals surface area contributed by atoms with Gasteiger partial charge in [-0.3, -0.25) is 9.59 Å². The van der Waals surface area contributed by atoms with Crippen molar-refractivity contribution >= 4 is 23.4 Å². The number of primary amides is 1. The van der Waals surface area contributed by atoms with Crippen LogP contribution < -0.4 is 11.1 Å². The average molecular weight is 308 g/mol. The normalized spacial score (nSPS) is 11.2. The molecule has 7 heteroatoms. The second-order valence-electron chi connectivity index (χ2n) is 5.03. The molecule has 1 aromatic heterocycles. The van der Waals surface area contributed by atoms with Gasteiger partial charge in [0.2, 0.25) is 5.91 Å². The molecule has 0 radical (unpaired) electrons. The van der Waals surface area contributed by atoms with Gasteiger partial charge in [-0.05, 0) is 38.1 Å². The molecule has 0 aliphatic heterocycles. The number of hydrogen-bond donors (Lipinski definition) is 2. The van der Waals surface area contributed by atoms with Gasteiger partial charge in [-0.1, -0.05) is 16.8 Å². The third-order valence-corrected chi connectivity index (χ3v) is 3.17. The highest BCUT2D eigenvalue weighted by Gasteiger charge is 2.28. The first-order valence-corrected chi connectivity index (χ1v) is 6.52. The van der Waals surface area contributed by atoms with Crippen LogP contribution in [-0.2, 0) is 4.79 Å². The molecule has 0 fully saturated rings. The van der Waals surface area contributed by atoms with Crippen LogP contribution in [0, 0.1) is 0 Å². The molecule has 1 aromatic carbocycles. The van der Waals surface area contributed by atoms with E-state index in [1.54, 1.807) is 24.3 Å². The fourth-order valence-corrected chi connectivity index (χ4v) is 1.67. The third-order valence-electron chi connectivity index (χ3n) is 2.91. The van der Waals surface area contributed by atoms with Crippen molar-refractivity contribution in [3.63, 3.8) is 0 Å². The summed E-state index contributed by atoms with van der Waals surface area (Å²) in [6.07, 6.45) is 0. The zero-order valence-corrected chi connectivity index (χ0v) is 12.3. The summed E-state index contributed by atoms with van der Waals surface area (Å²) < 4.78 is 5.12. The Labute approximate surface area is 126 Å². The molecule has 2 rings (SSSR count). The number of carbonyl (C=O) groups is 2. The number of carbonyl (C=O) groups excluding carboxylic acids is 2. The summed E-state index contributed by atoms with van der Waals surface area (Å²) >= 11 is 5.80. The first-order valence-electron chi connectivity index (χ1n) is 6.14. The minimum atomic E-state index is -1.17. The van der Waals surface area contributed by atoms with Crippen molar-refractivity contribution in [1.82, 2.24) is 10.5 Å². The van der Waals surface area contributed by atoms with Gasteiger partial charge in [0.25, 0.3) is 5.91 Å². The number of aromatic nitrogens is 1. The fourth-order valence-electron chi connectivity index (χ4n) is 1.54. The molecule has 0 spiro atoms. The summed E-state index contributed by atoms with van der Waals surface area (Å²) in [5, 5.41) is 6.77. The van der Waals surface area contributed by atoms with Gasteiger partial charge in [-0.15, -0.1) is 0 Å². The van der Waals surface area contributed by atoms with Gasteiger partial charge in [-0.2, -0.15) is 0 Å². The van der Waals surface area contributed by atoms with Crippen LogP contribution in [0.2, 0.25) is 5.02 Å². The summed E-state index contributed by atoms with van der Waals surface area (Å²) in [5.41, 5.74) is 4.83. The largest absolute Gasteiger partial charge is 0.368 e. The van der Waals surface area contributed by atoms with E-state index >= 15 is 0 Å². The molecule has 110 valence electrons. The van der Waals surface area contributed by atoms with E-state index in [9.17, 15) is 9.59 Å². The maximum atomic E-state index is 12.0. The van der Waals surface area contributed by atoms with Gasteiger partial charge in [0.1, 0.15) is 5.54 Å². The van der Waals surface area contributed by atoms with E-state index < -0.39 is 17.4 Å². The Hall–Kier alpha value is -2.34. The Morgan fingerprint density at radius 2 is 1.90 bits per heavy atom. The lowest BCUT2D eigenvalue weighted by atomic mass is 10.0. The Morgan fingerprint density at radius 1 is 1.29 bits per heavy atom. The van der Waals surface area contributed by atoms with Crippen molar-refractivity contribution in [1.29, 1.82) is 0 Å². The lowest BCUT2D eigenvalue weighted by Gasteiger charge is -2.21. The van der Waals surface area contributed by atoms with Crippen molar-refractivity contribution in [3.8, 4) is 11.3 Å². The summed E-state index contributed by atoms with van der Waals surface area (Å²) in [4.78, 5) is 23.2. The summed E-state index contributed by atoms with van der Waals surface area (Å²) in [6.45, 7) is 3.01. The third kappa shape index (κ3) is 3.41. The molecule has 21 heavy (non-hydrogen) atoms. The molecule has 2 amide bonds. The smallest absolute Gasteiger partial charge is 0.274 e. The molecule has 0 bridgehead atoms. The SMILES string of the molecule is CC(C)(NC(=O)c1cc(-c2ccc(Cl)cc2)on1)C(N)=O. The van der Waals surface area contributed by atoms with Crippen molar-refractivity contribution < 1.29 is 14.1 Å². The van der Waals surface area contributed by atoms with Gasteiger partial charge in [-0.25, -0.2) is 0 Å². The number of nitrogens with zero attached hydrogens (tertiary/aromatic N) is 1. The van der Waals surface area contributed by atoms with E-state index in [0.29, 0.717) is 10.8 Å². The molecule has 0 aliphatic rings. The van der Waals surface area contributed by atoms with E-state index in [0.717, 1.165) is 5.56 Å². The highest BCUT2D eigenvalue weighted by Crippen LogP contribution is 2.22.